The van der Waals surface area contributed by atoms with E-state index < -0.39 is 6.04 Å². The molecule has 0 aromatic carbocycles. The number of carbonyl (C=O) groups excluding carboxylic acids is 1. The highest BCUT2D eigenvalue weighted by Crippen LogP contribution is 2.28. The van der Waals surface area contributed by atoms with E-state index in [-0.39, 0.29) is 17.4 Å². The smallest absolute Gasteiger partial charge is 0.250 e. The Morgan fingerprint density at radius 3 is 2.85 bits per heavy atom. The maximum absolute atomic E-state index is 12.1. The fourth-order valence-electron chi connectivity index (χ4n) is 3.55. The quantitative estimate of drug-likeness (QED) is 0.863. The highest BCUT2D eigenvalue weighted by Gasteiger charge is 2.30. The van der Waals surface area contributed by atoms with E-state index in [9.17, 15) is 9.59 Å². The van der Waals surface area contributed by atoms with Crippen LogP contribution in [0.3, 0.4) is 0 Å². The number of rotatable bonds is 5. The van der Waals surface area contributed by atoms with Crippen molar-refractivity contribution in [2.45, 2.75) is 31.2 Å². The molecule has 0 aliphatic carbocycles. The van der Waals surface area contributed by atoms with Gasteiger partial charge < -0.3 is 10.3 Å². The van der Waals surface area contributed by atoms with Crippen LogP contribution in [-0.2, 0) is 18.3 Å². The predicted octanol–water partition coefficient (Wildman–Crippen LogP) is 1.71. The molecule has 0 radical (unpaired) electrons. The van der Waals surface area contributed by atoms with Crippen LogP contribution in [0, 0.1) is 0 Å². The fourth-order valence-corrected chi connectivity index (χ4v) is 3.67. The Morgan fingerprint density at radius 2 is 2.19 bits per heavy atom. The first-order valence-electron chi connectivity index (χ1n) is 8.74. The Bertz CT molecular complexity index is 834. The second-order valence-electron chi connectivity index (χ2n) is 6.84. The third kappa shape index (κ3) is 4.31. The molecular weight excluding hydrogens is 352 g/mol. The van der Waals surface area contributed by atoms with Gasteiger partial charge in [-0.05, 0) is 43.0 Å². The largest absolute Gasteiger partial charge is 0.368 e. The molecule has 26 heavy (non-hydrogen) atoms. The number of aromatic nitrogens is 2. The Balaban J connectivity index is 1.76. The van der Waals surface area contributed by atoms with Crippen LogP contribution in [0.1, 0.15) is 30.0 Å². The van der Waals surface area contributed by atoms with Gasteiger partial charge in [-0.3, -0.25) is 19.5 Å². The molecule has 7 heteroatoms. The molecule has 1 aliphatic rings. The van der Waals surface area contributed by atoms with Crippen molar-refractivity contribution in [2.75, 3.05) is 13.1 Å². The van der Waals surface area contributed by atoms with Crippen LogP contribution in [0.25, 0.3) is 0 Å². The van der Waals surface area contributed by atoms with Crippen molar-refractivity contribution in [3.63, 3.8) is 0 Å². The molecule has 2 aromatic rings. The first-order chi connectivity index (χ1) is 12.4. The van der Waals surface area contributed by atoms with Gasteiger partial charge in [0.2, 0.25) is 11.5 Å². The summed E-state index contributed by atoms with van der Waals surface area (Å²) in [7, 11) is 1.75. The third-order valence-electron chi connectivity index (χ3n) is 4.99. The van der Waals surface area contributed by atoms with Crippen LogP contribution in [0.2, 0.25) is 5.02 Å². The van der Waals surface area contributed by atoms with E-state index >= 15 is 0 Å². The Morgan fingerprint density at radius 1 is 1.38 bits per heavy atom. The van der Waals surface area contributed by atoms with Gasteiger partial charge in [-0.2, -0.15) is 0 Å². The molecule has 0 saturated carbocycles. The summed E-state index contributed by atoms with van der Waals surface area (Å²) in [5, 5.41) is 0.567. The number of nitrogens with zero attached hydrogens (tertiary/aromatic N) is 3. The van der Waals surface area contributed by atoms with Gasteiger partial charge in [0.05, 0.1) is 11.1 Å². The molecular formula is C19H23ClN4O2. The van der Waals surface area contributed by atoms with E-state index in [1.807, 2.05) is 18.3 Å². The number of likely N-dealkylation sites (tertiary alicyclic amines) is 1. The first-order valence-corrected chi connectivity index (χ1v) is 9.12. The predicted molar refractivity (Wildman–Crippen MR) is 101 cm³/mol. The minimum absolute atomic E-state index is 0.0229. The Hall–Kier alpha value is -2.18. The molecule has 3 rings (SSSR count). The van der Waals surface area contributed by atoms with E-state index in [2.05, 4.69) is 9.88 Å². The number of aryl methyl sites for hydroxylation is 1. The summed E-state index contributed by atoms with van der Waals surface area (Å²) in [5.41, 5.74) is 7.58. The lowest BCUT2D eigenvalue weighted by Crippen LogP contribution is -2.50. The number of piperidine rings is 1. The third-order valence-corrected chi connectivity index (χ3v) is 5.22. The van der Waals surface area contributed by atoms with Crippen molar-refractivity contribution >= 4 is 17.5 Å². The van der Waals surface area contributed by atoms with Crippen molar-refractivity contribution in [1.82, 2.24) is 14.5 Å². The lowest BCUT2D eigenvalue weighted by molar-refractivity contribution is -0.123. The van der Waals surface area contributed by atoms with Gasteiger partial charge in [0, 0.05) is 44.2 Å². The van der Waals surface area contributed by atoms with Crippen molar-refractivity contribution < 1.29 is 4.79 Å². The number of primary amides is 1. The zero-order chi connectivity index (χ0) is 18.7. The van der Waals surface area contributed by atoms with Crippen LogP contribution in [0.5, 0.6) is 0 Å². The molecule has 0 spiro atoms. The van der Waals surface area contributed by atoms with Crippen molar-refractivity contribution in [3.05, 3.63) is 63.3 Å². The lowest BCUT2D eigenvalue weighted by atomic mass is 9.90. The van der Waals surface area contributed by atoms with Crippen LogP contribution < -0.4 is 11.3 Å². The van der Waals surface area contributed by atoms with Crippen molar-refractivity contribution in [3.8, 4) is 0 Å². The summed E-state index contributed by atoms with van der Waals surface area (Å²) in [5.74, 6) is -0.0709. The van der Waals surface area contributed by atoms with Crippen molar-refractivity contribution in [2.24, 2.45) is 12.8 Å². The normalized spacial score (nSPS) is 19.2. The summed E-state index contributed by atoms with van der Waals surface area (Å²) in [6.07, 6.45) is 5.94. The van der Waals surface area contributed by atoms with Gasteiger partial charge in [-0.1, -0.05) is 17.7 Å². The van der Waals surface area contributed by atoms with Gasteiger partial charge in [0.15, 0.2) is 0 Å². The summed E-state index contributed by atoms with van der Waals surface area (Å²) in [6, 6.07) is 6.67. The molecule has 1 amide bonds. The zero-order valence-electron chi connectivity index (χ0n) is 14.8. The van der Waals surface area contributed by atoms with E-state index in [1.165, 1.54) is 0 Å². The number of hydrogen-bond acceptors (Lipinski definition) is 4. The monoisotopic (exact) mass is 374 g/mol. The highest BCUT2D eigenvalue weighted by molar-refractivity contribution is 6.30. The number of nitrogens with two attached hydrogens (primary N) is 1. The molecule has 138 valence electrons. The molecule has 6 nitrogen and oxygen atoms in total. The van der Waals surface area contributed by atoms with E-state index in [0.717, 1.165) is 37.2 Å². The van der Waals surface area contributed by atoms with E-state index in [1.54, 1.807) is 29.9 Å². The number of halogens is 1. The molecule has 1 fully saturated rings. The molecule has 0 bridgehead atoms. The highest BCUT2D eigenvalue weighted by atomic mass is 35.5. The van der Waals surface area contributed by atoms with Gasteiger partial charge in [-0.25, -0.2) is 0 Å². The SMILES string of the molecule is Cn1cc(C2CCCN(C(Cc3ccc(Cl)cn3)C(N)=O)C2)ccc1=O. The summed E-state index contributed by atoms with van der Waals surface area (Å²) >= 11 is 5.88. The second-order valence-corrected chi connectivity index (χ2v) is 7.27. The van der Waals surface area contributed by atoms with Crippen LogP contribution in [-0.4, -0.2) is 39.5 Å². The molecule has 2 N–H and O–H groups in total. The number of hydrogen-bond donors (Lipinski definition) is 1. The Kier molecular flexibility index (Phi) is 5.74. The molecule has 2 unspecified atom stereocenters. The minimum Gasteiger partial charge on any atom is -0.368 e. The lowest BCUT2D eigenvalue weighted by Gasteiger charge is -2.37. The van der Waals surface area contributed by atoms with Gasteiger partial charge in [0.25, 0.3) is 0 Å². The fraction of sp³-hybridized carbons (Fsp3) is 0.421. The molecule has 3 heterocycles. The maximum atomic E-state index is 12.1. The average Bonchev–Trinajstić information content (AvgIpc) is 2.63. The summed E-state index contributed by atoms with van der Waals surface area (Å²) < 4.78 is 1.59. The summed E-state index contributed by atoms with van der Waals surface area (Å²) in [6.45, 7) is 1.56. The zero-order valence-corrected chi connectivity index (χ0v) is 15.5. The van der Waals surface area contributed by atoms with E-state index in [4.69, 9.17) is 17.3 Å². The number of pyridine rings is 2. The maximum Gasteiger partial charge on any atom is 0.250 e. The molecule has 1 aliphatic heterocycles. The molecule has 1 saturated heterocycles. The Labute approximate surface area is 157 Å². The first kappa shape index (κ1) is 18.6. The van der Waals surface area contributed by atoms with Gasteiger partial charge in [0.1, 0.15) is 0 Å². The molecule has 2 atom stereocenters. The van der Waals surface area contributed by atoms with Crippen molar-refractivity contribution in [1.29, 1.82) is 0 Å². The summed E-state index contributed by atoms with van der Waals surface area (Å²) in [4.78, 5) is 30.1. The average molecular weight is 375 g/mol. The van der Waals surface area contributed by atoms with Crippen LogP contribution >= 0.6 is 11.6 Å². The van der Waals surface area contributed by atoms with Gasteiger partial charge in [-0.15, -0.1) is 0 Å². The van der Waals surface area contributed by atoms with E-state index in [0.29, 0.717) is 11.4 Å². The standard InChI is InChI=1S/C19H23ClN4O2/c1-23-11-14(4-7-18(23)25)13-3-2-8-24(12-13)17(19(21)26)9-16-6-5-15(20)10-22-16/h4-7,10-11,13,17H,2-3,8-9,12H2,1H3,(H2,21,26). The minimum atomic E-state index is -0.404. The number of amides is 1. The van der Waals surface area contributed by atoms with Gasteiger partial charge >= 0.3 is 0 Å². The second kappa shape index (κ2) is 8.01. The number of carbonyl (C=O) groups is 1. The topological polar surface area (TPSA) is 81.2 Å². The van der Waals surface area contributed by atoms with Crippen LogP contribution in [0.15, 0.2) is 41.5 Å². The van der Waals surface area contributed by atoms with Crippen LogP contribution in [0.4, 0.5) is 0 Å². The molecule has 2 aromatic heterocycles.